The molecule has 0 spiro atoms. The van der Waals surface area contributed by atoms with Gasteiger partial charge in [0.05, 0.1) is 0 Å². The first kappa shape index (κ1) is 40.5. The van der Waals surface area contributed by atoms with Gasteiger partial charge < -0.3 is 31.7 Å². The Morgan fingerprint density at radius 3 is 1.79 bits per heavy atom. The summed E-state index contributed by atoms with van der Waals surface area (Å²) in [5.41, 5.74) is 4.44. The smallest absolute Gasteiger partial charge is 0.326 e. The van der Waals surface area contributed by atoms with Crippen molar-refractivity contribution in [2.24, 2.45) is 0 Å². The van der Waals surface area contributed by atoms with Gasteiger partial charge in [-0.2, -0.15) is 0 Å². The molecular weight excluding hydrogens is 743 g/mol. The Balaban J connectivity index is 1.33. The van der Waals surface area contributed by atoms with Crippen molar-refractivity contribution in [2.75, 3.05) is 5.32 Å². The summed E-state index contributed by atoms with van der Waals surface area (Å²) in [5, 5.41) is 25.9. The first-order chi connectivity index (χ1) is 27.6. The highest BCUT2D eigenvalue weighted by atomic mass is 32.2. The van der Waals surface area contributed by atoms with Crippen LogP contribution in [0.4, 0.5) is 5.69 Å². The molecule has 7 rings (SSSR count). The highest BCUT2D eigenvalue weighted by Gasteiger charge is 2.33. The number of amides is 5. The molecule has 13 heteroatoms. The molecular formula is C44H45N5O7S. The predicted octanol–water partition coefficient (Wildman–Crippen LogP) is 4.55. The minimum Gasteiger partial charge on any atom is -0.480 e. The number of aliphatic carboxylic acids is 1. The van der Waals surface area contributed by atoms with Gasteiger partial charge in [0.1, 0.15) is 24.2 Å². The molecule has 294 valence electrons. The topological polar surface area (TPSA) is 183 Å². The zero-order chi connectivity index (χ0) is 40.1. The van der Waals surface area contributed by atoms with E-state index in [1.165, 1.54) is 0 Å². The van der Waals surface area contributed by atoms with Gasteiger partial charge in [-0.1, -0.05) is 103 Å². The molecule has 2 bridgehead atoms. The lowest BCUT2D eigenvalue weighted by atomic mass is 9.99. The largest absolute Gasteiger partial charge is 0.480 e. The molecule has 57 heavy (non-hydrogen) atoms. The lowest BCUT2D eigenvalue weighted by molar-refractivity contribution is -0.142. The van der Waals surface area contributed by atoms with Crippen molar-refractivity contribution < 1.29 is 33.9 Å². The normalized spacial score (nSPS) is 22.3. The number of carboxylic acids is 1. The number of hydrogen-bond acceptors (Lipinski definition) is 7. The third-order valence-corrected chi connectivity index (χ3v) is 11.0. The van der Waals surface area contributed by atoms with Crippen molar-refractivity contribution in [3.05, 3.63) is 137 Å². The Labute approximate surface area is 335 Å². The van der Waals surface area contributed by atoms with E-state index >= 15 is 0 Å². The van der Waals surface area contributed by atoms with Crippen LogP contribution in [-0.2, 0) is 48.0 Å². The Kier molecular flexibility index (Phi) is 13.9. The lowest BCUT2D eigenvalue weighted by Gasteiger charge is -2.27. The average Bonchev–Trinajstić information content (AvgIpc) is 3.73. The highest BCUT2D eigenvalue weighted by molar-refractivity contribution is 8.03. The van der Waals surface area contributed by atoms with Crippen molar-refractivity contribution in [2.45, 2.75) is 74.4 Å². The summed E-state index contributed by atoms with van der Waals surface area (Å²) in [7, 11) is 0. The number of hydrogen-bond donors (Lipinski definition) is 6. The molecule has 0 fully saturated rings. The van der Waals surface area contributed by atoms with Gasteiger partial charge in [0, 0.05) is 43.0 Å². The SMILES string of the molecule is O=C1CCC(=O)N[C@@H](CC2CC=CS2)C(=O)N[C@H](Cc2ccc(-c3ccccc3)cc2)C(=O)N[C@@H](Cc2ccccc2)C(=O)N[C@@H](C(=O)O)Cc2ccc(cc2)N1. The molecule has 0 saturated carbocycles. The zero-order valence-electron chi connectivity index (χ0n) is 31.2. The van der Waals surface area contributed by atoms with Gasteiger partial charge in [-0.25, -0.2) is 4.79 Å². The van der Waals surface area contributed by atoms with Crippen LogP contribution in [0, 0.1) is 0 Å². The fourth-order valence-electron chi connectivity index (χ4n) is 6.74. The molecule has 3 aliphatic heterocycles. The summed E-state index contributed by atoms with van der Waals surface area (Å²) in [6.07, 6.45) is 2.62. The van der Waals surface area contributed by atoms with Gasteiger partial charge in [-0.3, -0.25) is 24.0 Å². The van der Waals surface area contributed by atoms with Crippen molar-refractivity contribution >= 4 is 53.0 Å². The monoisotopic (exact) mass is 787 g/mol. The second kappa shape index (κ2) is 19.6. The van der Waals surface area contributed by atoms with Crippen molar-refractivity contribution in [3.8, 4) is 11.1 Å². The Morgan fingerprint density at radius 2 is 1.18 bits per heavy atom. The standard InChI is InChI=1S/C44H45N5O7S/c50-39-21-22-40(51)46-37(27-34-12-7-23-57-34)43(54)48-36(25-29-13-17-32(18-14-29)31-10-5-2-6-11-31)41(52)47-35(24-28-8-3-1-4-9-28)42(53)49-38(44(55)56)26-30-15-19-33(45-39)20-16-30/h1-11,13-20,23,34-38H,12,21-22,24-27H2,(H,45,50)(H,46,51)(H,47,52)(H,48,54)(H,49,53)(H,55,56)/t34?,35-,36+,37-,38+/m0/s1. The van der Waals surface area contributed by atoms with E-state index in [9.17, 15) is 33.9 Å². The molecule has 0 aromatic heterocycles. The third kappa shape index (κ3) is 11.9. The van der Waals surface area contributed by atoms with E-state index in [0.717, 1.165) is 22.3 Å². The number of fused-ring (bicyclic) bond motifs is 18. The van der Waals surface area contributed by atoms with E-state index in [2.05, 4.69) is 26.6 Å². The summed E-state index contributed by atoms with van der Waals surface area (Å²) in [5.74, 6) is -4.18. The molecule has 6 N–H and O–H groups in total. The third-order valence-electron chi connectivity index (χ3n) is 9.84. The molecule has 0 radical (unpaired) electrons. The van der Waals surface area contributed by atoms with Crippen LogP contribution in [0.1, 0.15) is 42.4 Å². The Morgan fingerprint density at radius 1 is 0.614 bits per heavy atom. The molecule has 1 unspecified atom stereocenters. The number of anilines is 1. The first-order valence-electron chi connectivity index (χ1n) is 18.9. The van der Waals surface area contributed by atoms with Gasteiger partial charge in [-0.05, 0) is 58.2 Å². The van der Waals surface area contributed by atoms with Gasteiger partial charge in [0.25, 0.3) is 0 Å². The molecule has 0 saturated heterocycles. The van der Waals surface area contributed by atoms with Crippen LogP contribution in [0.15, 0.2) is 121 Å². The van der Waals surface area contributed by atoms with Gasteiger partial charge in [0.15, 0.2) is 0 Å². The van der Waals surface area contributed by atoms with Gasteiger partial charge in [0.2, 0.25) is 29.5 Å². The number of nitrogens with one attached hydrogen (secondary N) is 5. The molecule has 4 aromatic carbocycles. The maximum atomic E-state index is 14.4. The van der Waals surface area contributed by atoms with Crippen LogP contribution >= 0.6 is 11.8 Å². The fraction of sp³-hybridized carbons (Fsp3) is 0.273. The lowest BCUT2D eigenvalue weighted by Crippen LogP contribution is -2.59. The predicted molar refractivity (Wildman–Crippen MR) is 219 cm³/mol. The van der Waals surface area contributed by atoms with Gasteiger partial charge >= 0.3 is 5.97 Å². The van der Waals surface area contributed by atoms with E-state index in [1.807, 2.05) is 72.1 Å². The summed E-state index contributed by atoms with van der Waals surface area (Å²) >= 11 is 1.54. The molecule has 12 nitrogen and oxygen atoms in total. The number of carboxylic acid groups (broad SMARTS) is 1. The second-order valence-corrected chi connectivity index (χ2v) is 15.4. The average molecular weight is 788 g/mol. The Hall–Kier alpha value is -6.21. The number of allylic oxidation sites excluding steroid dienone is 1. The molecule has 5 atom stereocenters. The number of carbonyl (C=O) groups excluding carboxylic acids is 5. The second-order valence-electron chi connectivity index (χ2n) is 14.1. The van der Waals surface area contributed by atoms with Crippen molar-refractivity contribution in [1.82, 2.24) is 21.3 Å². The Bertz CT molecular complexity index is 2070. The van der Waals surface area contributed by atoms with Crippen LogP contribution in [0.2, 0.25) is 0 Å². The van der Waals surface area contributed by atoms with E-state index < -0.39 is 59.7 Å². The maximum absolute atomic E-state index is 14.4. The van der Waals surface area contributed by atoms with E-state index in [0.29, 0.717) is 17.7 Å². The van der Waals surface area contributed by atoms with Crippen molar-refractivity contribution in [3.63, 3.8) is 0 Å². The molecule has 5 amide bonds. The number of benzene rings is 4. The summed E-state index contributed by atoms with van der Waals surface area (Å²) in [4.78, 5) is 81.1. The van der Waals surface area contributed by atoms with E-state index in [-0.39, 0.29) is 43.8 Å². The van der Waals surface area contributed by atoms with Crippen LogP contribution in [-0.4, -0.2) is 70.0 Å². The fourth-order valence-corrected chi connectivity index (χ4v) is 7.71. The minimum atomic E-state index is -1.35. The summed E-state index contributed by atoms with van der Waals surface area (Å²) in [6, 6.07) is 28.1. The minimum absolute atomic E-state index is 0.000681. The molecule has 4 aromatic rings. The molecule has 3 aliphatic rings. The van der Waals surface area contributed by atoms with Crippen molar-refractivity contribution in [1.29, 1.82) is 0 Å². The number of carbonyl (C=O) groups is 6. The van der Waals surface area contributed by atoms with Crippen LogP contribution < -0.4 is 26.6 Å². The summed E-state index contributed by atoms with van der Waals surface area (Å²) < 4.78 is 0. The highest BCUT2D eigenvalue weighted by Crippen LogP contribution is 2.28. The van der Waals surface area contributed by atoms with Crippen LogP contribution in [0.25, 0.3) is 11.1 Å². The summed E-state index contributed by atoms with van der Waals surface area (Å²) in [6.45, 7) is 0. The van der Waals surface area contributed by atoms with E-state index in [1.54, 1.807) is 60.3 Å². The van der Waals surface area contributed by atoms with E-state index in [4.69, 9.17) is 0 Å². The van der Waals surface area contributed by atoms with Crippen LogP contribution in [0.3, 0.4) is 0 Å². The number of thioether (sulfide) groups is 1. The zero-order valence-corrected chi connectivity index (χ0v) is 32.0. The van der Waals surface area contributed by atoms with Crippen LogP contribution in [0.5, 0.6) is 0 Å². The quantitative estimate of drug-likeness (QED) is 0.141. The molecule has 0 aliphatic carbocycles. The number of rotatable bonds is 8. The van der Waals surface area contributed by atoms with Gasteiger partial charge in [-0.15, -0.1) is 11.8 Å². The first-order valence-corrected chi connectivity index (χ1v) is 19.8. The molecule has 3 heterocycles. The maximum Gasteiger partial charge on any atom is 0.326 e.